The van der Waals surface area contributed by atoms with Crippen LogP contribution < -0.4 is 4.74 Å². The molecule has 0 radical (unpaired) electrons. The molecular formula is C13H12O3. The van der Waals surface area contributed by atoms with Crippen molar-refractivity contribution in [1.29, 1.82) is 0 Å². The quantitative estimate of drug-likeness (QED) is 0.712. The first-order valence-electron chi connectivity index (χ1n) is 5.15. The number of hydrogen-bond acceptors (Lipinski definition) is 3. The molecular weight excluding hydrogens is 204 g/mol. The number of Topliss-reactive ketones (excluding diaryl/α,β-unsaturated/α-hetero) is 1. The molecule has 0 spiro atoms. The Hall–Kier alpha value is -1.90. The van der Waals surface area contributed by atoms with Gasteiger partial charge in [-0.25, -0.2) is 0 Å². The normalized spacial score (nSPS) is 14.2. The summed E-state index contributed by atoms with van der Waals surface area (Å²) in [5, 5.41) is 0. The lowest BCUT2D eigenvalue weighted by molar-refractivity contribution is -0.110. The zero-order valence-electron chi connectivity index (χ0n) is 9.19. The minimum atomic E-state index is -0.468. The summed E-state index contributed by atoms with van der Waals surface area (Å²) < 4.78 is 5.51. The molecule has 3 nitrogen and oxygen atoms in total. The summed E-state index contributed by atoms with van der Waals surface area (Å²) in [6.07, 6.45) is 3.03. The molecule has 0 heterocycles. The molecule has 0 amide bonds. The van der Waals surface area contributed by atoms with Gasteiger partial charge in [0.05, 0.1) is 6.10 Å². The highest BCUT2D eigenvalue weighted by Gasteiger charge is 2.20. The lowest BCUT2D eigenvalue weighted by Gasteiger charge is -2.13. The Morgan fingerprint density at radius 2 is 1.88 bits per heavy atom. The first kappa shape index (κ1) is 10.6. The van der Waals surface area contributed by atoms with E-state index in [9.17, 15) is 9.59 Å². The molecule has 2 rings (SSSR count). The van der Waals surface area contributed by atoms with Gasteiger partial charge in [0, 0.05) is 5.56 Å². The van der Waals surface area contributed by atoms with Gasteiger partial charge in [-0.2, -0.15) is 0 Å². The van der Waals surface area contributed by atoms with Crippen molar-refractivity contribution in [2.45, 2.75) is 20.0 Å². The second-order valence-corrected chi connectivity index (χ2v) is 3.94. The summed E-state index contributed by atoms with van der Waals surface area (Å²) >= 11 is 0. The summed E-state index contributed by atoms with van der Waals surface area (Å²) in [5.41, 5.74) is 1.19. The van der Waals surface area contributed by atoms with Crippen LogP contribution in [0.15, 0.2) is 24.3 Å². The maximum atomic E-state index is 11.5. The fourth-order valence-electron chi connectivity index (χ4n) is 1.60. The van der Waals surface area contributed by atoms with E-state index >= 15 is 0 Å². The molecule has 0 unspecified atom stereocenters. The molecule has 0 saturated heterocycles. The summed E-state index contributed by atoms with van der Waals surface area (Å²) in [5.74, 6) is -0.209. The first-order chi connectivity index (χ1) is 7.58. The van der Waals surface area contributed by atoms with E-state index < -0.39 is 11.6 Å². The van der Waals surface area contributed by atoms with Crippen molar-refractivity contribution in [1.82, 2.24) is 0 Å². The monoisotopic (exact) mass is 216 g/mol. The van der Waals surface area contributed by atoms with Crippen molar-refractivity contribution in [3.05, 3.63) is 35.4 Å². The van der Waals surface area contributed by atoms with Gasteiger partial charge in [0.15, 0.2) is 0 Å². The Balaban J connectivity index is 2.39. The number of hydrogen-bond donors (Lipinski definition) is 0. The van der Waals surface area contributed by atoms with E-state index in [1.165, 1.54) is 6.08 Å². The van der Waals surface area contributed by atoms with Gasteiger partial charge in [0.2, 0.25) is 11.6 Å². The van der Waals surface area contributed by atoms with Crippen LogP contribution in [0.25, 0.3) is 6.08 Å². The molecule has 0 atom stereocenters. The molecule has 0 N–H and O–H groups in total. The number of fused-ring (bicyclic) bond motifs is 1. The van der Waals surface area contributed by atoms with Crippen molar-refractivity contribution in [2.75, 3.05) is 0 Å². The summed E-state index contributed by atoms with van der Waals surface area (Å²) in [6, 6.07) is 5.12. The largest absolute Gasteiger partial charge is 0.491 e. The number of ether oxygens (including phenoxy) is 1. The molecule has 82 valence electrons. The van der Waals surface area contributed by atoms with Gasteiger partial charge in [0.25, 0.3) is 0 Å². The van der Waals surface area contributed by atoms with E-state index in [0.29, 0.717) is 11.3 Å². The van der Waals surface area contributed by atoms with Crippen molar-refractivity contribution in [3.63, 3.8) is 0 Å². The van der Waals surface area contributed by atoms with Crippen molar-refractivity contribution >= 4 is 17.6 Å². The fourth-order valence-corrected chi connectivity index (χ4v) is 1.60. The van der Waals surface area contributed by atoms with Crippen LogP contribution in [0.4, 0.5) is 0 Å². The highest BCUT2D eigenvalue weighted by Crippen LogP contribution is 2.23. The molecule has 1 aromatic rings. The maximum absolute atomic E-state index is 11.5. The highest BCUT2D eigenvalue weighted by atomic mass is 16.5. The number of ketones is 2. The van der Waals surface area contributed by atoms with E-state index in [1.54, 1.807) is 24.3 Å². The standard InChI is InChI=1S/C13H12O3/c1-8(2)16-10-4-5-11-9(7-10)3-6-12(14)13(11)15/h3-8H,1-2H3. The predicted octanol–water partition coefficient (Wildman–Crippen LogP) is 2.25. The van der Waals surface area contributed by atoms with Crippen LogP contribution in [0.5, 0.6) is 5.75 Å². The third-order valence-electron chi connectivity index (χ3n) is 2.28. The van der Waals surface area contributed by atoms with Crippen LogP contribution in [0.3, 0.4) is 0 Å². The smallest absolute Gasteiger partial charge is 0.233 e. The summed E-state index contributed by atoms with van der Waals surface area (Å²) in [4.78, 5) is 22.7. The molecule has 16 heavy (non-hydrogen) atoms. The third kappa shape index (κ3) is 1.89. The van der Waals surface area contributed by atoms with Crippen LogP contribution in [-0.2, 0) is 4.79 Å². The summed E-state index contributed by atoms with van der Waals surface area (Å²) in [7, 11) is 0. The van der Waals surface area contributed by atoms with E-state index in [0.717, 1.165) is 5.56 Å². The Morgan fingerprint density at radius 1 is 1.12 bits per heavy atom. The molecule has 0 aromatic heterocycles. The molecule has 0 saturated carbocycles. The molecule has 0 fully saturated rings. The topological polar surface area (TPSA) is 43.4 Å². The second kappa shape index (κ2) is 3.93. The number of benzene rings is 1. The van der Waals surface area contributed by atoms with Gasteiger partial charge in [-0.15, -0.1) is 0 Å². The molecule has 1 aliphatic rings. The lowest BCUT2D eigenvalue weighted by atomic mass is 9.95. The maximum Gasteiger partial charge on any atom is 0.233 e. The van der Waals surface area contributed by atoms with Crippen molar-refractivity contribution in [3.8, 4) is 5.75 Å². The number of carbonyl (C=O) groups excluding carboxylic acids is 2. The van der Waals surface area contributed by atoms with Gasteiger partial charge in [0.1, 0.15) is 5.75 Å². The Kier molecular flexibility index (Phi) is 2.60. The van der Waals surface area contributed by atoms with Crippen molar-refractivity contribution in [2.24, 2.45) is 0 Å². The minimum Gasteiger partial charge on any atom is -0.491 e. The van der Waals surface area contributed by atoms with Crippen molar-refractivity contribution < 1.29 is 14.3 Å². The average Bonchev–Trinajstić information content (AvgIpc) is 2.23. The van der Waals surface area contributed by atoms with E-state index in [2.05, 4.69) is 0 Å². The predicted molar refractivity (Wildman–Crippen MR) is 60.6 cm³/mol. The molecule has 0 bridgehead atoms. The van der Waals surface area contributed by atoms with Crippen LogP contribution in [-0.4, -0.2) is 17.7 Å². The molecule has 0 aliphatic heterocycles. The Labute approximate surface area is 93.7 Å². The number of rotatable bonds is 2. The van der Waals surface area contributed by atoms with Gasteiger partial charge in [-0.1, -0.05) is 6.08 Å². The molecule has 1 aliphatic carbocycles. The lowest BCUT2D eigenvalue weighted by Crippen LogP contribution is -2.16. The zero-order valence-corrected chi connectivity index (χ0v) is 9.19. The fraction of sp³-hybridized carbons (Fsp3) is 0.231. The van der Waals surface area contributed by atoms with E-state index in [4.69, 9.17) is 4.74 Å². The highest BCUT2D eigenvalue weighted by molar-refractivity contribution is 6.49. The van der Waals surface area contributed by atoms with Crippen LogP contribution in [0.2, 0.25) is 0 Å². The number of carbonyl (C=O) groups is 2. The van der Waals surface area contributed by atoms with Crippen LogP contribution in [0, 0.1) is 0 Å². The van der Waals surface area contributed by atoms with Gasteiger partial charge < -0.3 is 4.74 Å². The van der Waals surface area contributed by atoms with Crippen LogP contribution >= 0.6 is 0 Å². The van der Waals surface area contributed by atoms with E-state index in [1.807, 2.05) is 13.8 Å². The zero-order chi connectivity index (χ0) is 11.7. The molecule has 1 aromatic carbocycles. The van der Waals surface area contributed by atoms with E-state index in [-0.39, 0.29) is 6.10 Å². The minimum absolute atomic E-state index is 0.0861. The van der Waals surface area contributed by atoms with Crippen LogP contribution in [0.1, 0.15) is 29.8 Å². The first-order valence-corrected chi connectivity index (χ1v) is 5.15. The van der Waals surface area contributed by atoms with Gasteiger partial charge in [-0.05, 0) is 43.7 Å². The Morgan fingerprint density at radius 3 is 2.56 bits per heavy atom. The van der Waals surface area contributed by atoms with Gasteiger partial charge in [-0.3, -0.25) is 9.59 Å². The second-order valence-electron chi connectivity index (χ2n) is 3.94. The summed E-state index contributed by atoms with van der Waals surface area (Å²) in [6.45, 7) is 3.87. The average molecular weight is 216 g/mol. The molecule has 3 heteroatoms. The Bertz CT molecular complexity index is 484. The SMILES string of the molecule is CC(C)Oc1ccc2c(c1)C=CC(=O)C2=O. The van der Waals surface area contributed by atoms with Gasteiger partial charge >= 0.3 is 0 Å². The number of allylic oxidation sites excluding steroid dienone is 1. The third-order valence-corrected chi connectivity index (χ3v) is 2.28.